The van der Waals surface area contributed by atoms with Crippen molar-refractivity contribution in [3.63, 3.8) is 0 Å². The highest BCUT2D eigenvalue weighted by Crippen LogP contribution is 2.64. The van der Waals surface area contributed by atoms with Gasteiger partial charge in [0, 0.05) is 30.6 Å². The van der Waals surface area contributed by atoms with Crippen LogP contribution in [-0.4, -0.2) is 36.8 Å². The lowest BCUT2D eigenvalue weighted by Gasteiger charge is -2.42. The van der Waals surface area contributed by atoms with Gasteiger partial charge in [-0.15, -0.1) is 0 Å². The summed E-state index contributed by atoms with van der Waals surface area (Å²) < 4.78 is 77.6. The quantitative estimate of drug-likeness (QED) is 0.577. The number of hydrogen-bond acceptors (Lipinski definition) is 5. The molecule has 6 rings (SSSR count). The summed E-state index contributed by atoms with van der Waals surface area (Å²) in [5.74, 6) is -1.36. The molecule has 2 aromatic heterocycles. The number of anilines is 1. The second kappa shape index (κ2) is 7.00. The van der Waals surface area contributed by atoms with Crippen LogP contribution in [0.5, 0.6) is 0 Å². The summed E-state index contributed by atoms with van der Waals surface area (Å²) in [6.07, 6.45) is 0.197. The predicted octanol–water partition coefficient (Wildman–Crippen LogP) is 4.74. The van der Waals surface area contributed by atoms with Gasteiger partial charge in [0.2, 0.25) is 0 Å². The maximum atomic E-state index is 14.4. The molecule has 12 heteroatoms. The van der Waals surface area contributed by atoms with E-state index in [-0.39, 0.29) is 41.7 Å². The number of carbonyl (C=O) groups excluding carboxylic acids is 1. The molecule has 2 N–H and O–H groups in total. The number of pyridine rings is 1. The fourth-order valence-corrected chi connectivity index (χ4v) is 5.90. The number of nitrogens with zero attached hydrogens (tertiary/aromatic N) is 3. The Kier molecular flexibility index (Phi) is 4.73. The lowest BCUT2D eigenvalue weighted by Crippen LogP contribution is -2.42. The summed E-state index contributed by atoms with van der Waals surface area (Å²) in [5.41, 5.74) is -3.43. The first kappa shape index (κ1) is 22.3. The van der Waals surface area contributed by atoms with Crippen LogP contribution in [-0.2, 0) is 22.5 Å². The van der Waals surface area contributed by atoms with Gasteiger partial charge in [0.15, 0.2) is 0 Å². The van der Waals surface area contributed by atoms with Gasteiger partial charge in [0.05, 0.1) is 15.4 Å². The highest BCUT2D eigenvalue weighted by molar-refractivity contribution is 7.91. The molecule has 178 valence electrons. The van der Waals surface area contributed by atoms with E-state index in [1.165, 1.54) is 18.3 Å². The first-order chi connectivity index (χ1) is 15.3. The van der Waals surface area contributed by atoms with E-state index in [2.05, 4.69) is 15.4 Å². The number of carbonyl (C=O) groups is 1. The topological polar surface area (TPSA) is 101 Å². The first-order valence-electron chi connectivity index (χ1n) is 10.7. The summed E-state index contributed by atoms with van der Waals surface area (Å²) in [6.45, 7) is 0.0499. The molecule has 1 amide bonds. The third kappa shape index (κ3) is 4.02. The molecule has 0 spiro atoms. The predicted molar refractivity (Wildman–Crippen MR) is 111 cm³/mol. The largest absolute Gasteiger partial charge is 0.420 e. The van der Waals surface area contributed by atoms with Gasteiger partial charge in [0.25, 0.3) is 5.91 Å². The Balaban J connectivity index is 1.54. The Morgan fingerprint density at radius 3 is 2.58 bits per heavy atom. The fourth-order valence-electron chi connectivity index (χ4n) is 5.28. The molecular weight excluding hydrogens is 462 g/mol. The molecule has 7 nitrogen and oxygen atoms in total. The molecular formula is C21H23F4N5O2S. The Morgan fingerprint density at radius 1 is 1.33 bits per heavy atom. The molecule has 2 bridgehead atoms. The molecule has 2 aromatic rings. The third-order valence-electron chi connectivity index (χ3n) is 6.81. The van der Waals surface area contributed by atoms with Gasteiger partial charge in [-0.1, -0.05) is 0 Å². The van der Waals surface area contributed by atoms with Gasteiger partial charge < -0.3 is 5.32 Å². The Labute approximate surface area is 187 Å². The highest BCUT2D eigenvalue weighted by Gasteiger charge is 2.62. The van der Waals surface area contributed by atoms with Crippen molar-refractivity contribution < 1.29 is 26.6 Å². The maximum Gasteiger partial charge on any atom is 0.420 e. The number of fused-ring (bicyclic) bond motifs is 1. The highest BCUT2D eigenvalue weighted by atomic mass is 32.2. The van der Waals surface area contributed by atoms with Crippen molar-refractivity contribution in [1.82, 2.24) is 14.8 Å². The zero-order valence-electron chi connectivity index (χ0n) is 17.8. The van der Waals surface area contributed by atoms with Crippen molar-refractivity contribution in [3.05, 3.63) is 35.3 Å². The summed E-state index contributed by atoms with van der Waals surface area (Å²) in [5, 5.41) is 6.58. The van der Waals surface area contributed by atoms with Gasteiger partial charge in [0.1, 0.15) is 22.0 Å². The Bertz CT molecular complexity index is 1240. The van der Waals surface area contributed by atoms with Crippen molar-refractivity contribution in [2.24, 2.45) is 5.41 Å². The average Bonchev–Trinajstić information content (AvgIpc) is 3.27. The summed E-state index contributed by atoms with van der Waals surface area (Å²) >= 11 is 0. The van der Waals surface area contributed by atoms with Crippen LogP contribution in [0.1, 0.15) is 66.2 Å². The first-order valence-corrected chi connectivity index (χ1v) is 12.6. The van der Waals surface area contributed by atoms with Gasteiger partial charge in [-0.05, 0) is 56.1 Å². The van der Waals surface area contributed by atoms with E-state index in [0.29, 0.717) is 25.7 Å². The summed E-state index contributed by atoms with van der Waals surface area (Å²) in [7, 11) is -3.18. The van der Waals surface area contributed by atoms with E-state index in [1.54, 1.807) is 0 Å². The minimum Gasteiger partial charge on any atom is -0.320 e. The van der Waals surface area contributed by atoms with E-state index in [0.717, 1.165) is 10.9 Å². The van der Waals surface area contributed by atoms with E-state index >= 15 is 0 Å². The monoisotopic (exact) mass is 485 g/mol. The molecule has 0 aromatic carbocycles. The molecule has 4 aliphatic carbocycles. The van der Waals surface area contributed by atoms with Crippen LogP contribution in [0.3, 0.4) is 0 Å². The molecule has 0 saturated heterocycles. The molecule has 1 atom stereocenters. The minimum atomic E-state index is -4.79. The molecule has 4 saturated carbocycles. The van der Waals surface area contributed by atoms with Crippen LogP contribution in [0.2, 0.25) is 0 Å². The van der Waals surface area contributed by atoms with Crippen LogP contribution in [0, 0.1) is 10.2 Å². The SMILES string of the molecule is CS(=N)(=O)c1cc(NC(=O)c2c(C(F)(F)F)c(C3CC3)nn2CC23CCC(F)(C2)C3)ccn1. The van der Waals surface area contributed by atoms with Gasteiger partial charge in [-0.25, -0.2) is 18.4 Å². The van der Waals surface area contributed by atoms with Crippen molar-refractivity contribution in [1.29, 1.82) is 4.78 Å². The average molecular weight is 486 g/mol. The van der Waals surface area contributed by atoms with Crippen LogP contribution < -0.4 is 5.32 Å². The molecule has 0 aliphatic heterocycles. The summed E-state index contributed by atoms with van der Waals surface area (Å²) in [4.78, 5) is 17.0. The fraction of sp³-hybridized carbons (Fsp3) is 0.571. The molecule has 1 unspecified atom stereocenters. The summed E-state index contributed by atoms with van der Waals surface area (Å²) in [6, 6.07) is 2.56. The van der Waals surface area contributed by atoms with E-state index in [1.807, 2.05) is 0 Å². The minimum absolute atomic E-state index is 0.0499. The van der Waals surface area contributed by atoms with Crippen molar-refractivity contribution in [2.75, 3.05) is 11.6 Å². The second-order valence-electron chi connectivity index (χ2n) is 9.72. The lowest BCUT2D eigenvalue weighted by molar-refractivity contribution is -0.138. The molecule has 4 fully saturated rings. The zero-order chi connectivity index (χ0) is 23.8. The molecule has 2 heterocycles. The van der Waals surface area contributed by atoms with Crippen molar-refractivity contribution in [3.8, 4) is 0 Å². The normalized spacial score (nSPS) is 28.3. The van der Waals surface area contributed by atoms with Crippen LogP contribution >= 0.6 is 0 Å². The molecule has 0 radical (unpaired) electrons. The van der Waals surface area contributed by atoms with Gasteiger partial charge in [-0.3, -0.25) is 9.48 Å². The Hall–Kier alpha value is -2.50. The lowest BCUT2D eigenvalue weighted by atomic mass is 9.68. The maximum absolute atomic E-state index is 14.4. The number of nitrogens with one attached hydrogen (secondary N) is 2. The number of rotatable bonds is 6. The van der Waals surface area contributed by atoms with Crippen LogP contribution in [0.15, 0.2) is 23.4 Å². The smallest absolute Gasteiger partial charge is 0.320 e. The van der Waals surface area contributed by atoms with Gasteiger partial charge in [-0.2, -0.15) is 18.3 Å². The van der Waals surface area contributed by atoms with Crippen molar-refractivity contribution in [2.45, 2.75) is 67.9 Å². The molecule has 33 heavy (non-hydrogen) atoms. The number of aromatic nitrogens is 3. The zero-order valence-corrected chi connectivity index (χ0v) is 18.7. The van der Waals surface area contributed by atoms with E-state index in [4.69, 9.17) is 4.78 Å². The second-order valence-corrected chi connectivity index (χ2v) is 11.8. The Morgan fingerprint density at radius 2 is 2.03 bits per heavy atom. The molecule has 4 aliphatic rings. The number of alkyl halides is 4. The van der Waals surface area contributed by atoms with E-state index < -0.39 is 44.2 Å². The van der Waals surface area contributed by atoms with Crippen molar-refractivity contribution >= 4 is 21.3 Å². The van der Waals surface area contributed by atoms with E-state index in [9.17, 15) is 26.6 Å². The number of halogens is 4. The standard InChI is InChI=1S/C21H23F4N5O2S/c1-33(26,32)14-8-13(4-7-27-14)28-18(31)17-15(21(23,24)25)16(12-2-3-12)29-30(17)11-19-5-6-20(22,9-19)10-19/h4,7-8,12,26H,2-3,5-6,9-11H2,1H3,(H,27,28,31). The van der Waals surface area contributed by atoms with Crippen LogP contribution in [0.4, 0.5) is 23.2 Å². The number of hydrogen-bond donors (Lipinski definition) is 2. The van der Waals surface area contributed by atoms with Gasteiger partial charge >= 0.3 is 6.18 Å². The van der Waals surface area contributed by atoms with Crippen LogP contribution in [0.25, 0.3) is 0 Å². The third-order valence-corrected chi connectivity index (χ3v) is 7.83. The number of amides is 1.